The lowest BCUT2D eigenvalue weighted by Gasteiger charge is -2.20. The number of urea groups is 1. The van der Waals surface area contributed by atoms with Crippen molar-refractivity contribution in [3.8, 4) is 0 Å². The number of hydrogen-bond donors (Lipinski definition) is 2. The van der Waals surface area contributed by atoms with Gasteiger partial charge < -0.3 is 10.6 Å². The number of carbonyl (C=O) groups is 3. The number of nitrogens with one attached hydrogen (secondary N) is 2. The highest BCUT2D eigenvalue weighted by molar-refractivity contribution is 6.20. The molecule has 1 atom stereocenters. The van der Waals surface area contributed by atoms with E-state index in [1.807, 2.05) is 48.5 Å². The lowest BCUT2D eigenvalue weighted by atomic mass is 10.0. The molecule has 1 aliphatic rings. The normalized spacial score (nSPS) is 14.4. The average Bonchev–Trinajstić information content (AvgIpc) is 3.11. The van der Waals surface area contributed by atoms with Gasteiger partial charge in [0.25, 0.3) is 0 Å². The molecule has 1 unspecified atom stereocenters. The van der Waals surface area contributed by atoms with Crippen molar-refractivity contribution in [1.82, 2.24) is 10.3 Å². The second kappa shape index (κ2) is 8.79. The van der Waals surface area contributed by atoms with Gasteiger partial charge in [0, 0.05) is 24.7 Å². The largest absolute Gasteiger partial charge is 0.325 e. The number of imide groups is 1. The topological polar surface area (TPSA) is 91.4 Å². The summed E-state index contributed by atoms with van der Waals surface area (Å²) in [6, 6.07) is 19.5. The van der Waals surface area contributed by atoms with Gasteiger partial charge in [-0.3, -0.25) is 19.5 Å². The van der Waals surface area contributed by atoms with Crippen molar-refractivity contribution >= 4 is 29.2 Å². The van der Waals surface area contributed by atoms with E-state index in [1.54, 1.807) is 31.3 Å². The summed E-state index contributed by atoms with van der Waals surface area (Å²) in [6.07, 6.45) is 2.15. The first-order chi connectivity index (χ1) is 15.0. The van der Waals surface area contributed by atoms with E-state index < -0.39 is 6.04 Å². The quantitative estimate of drug-likeness (QED) is 0.619. The van der Waals surface area contributed by atoms with Crippen LogP contribution in [0.2, 0.25) is 0 Å². The van der Waals surface area contributed by atoms with E-state index >= 15 is 0 Å². The monoisotopic (exact) mass is 414 g/mol. The van der Waals surface area contributed by atoms with Gasteiger partial charge in [-0.05, 0) is 48.4 Å². The molecule has 7 nitrogen and oxygen atoms in total. The summed E-state index contributed by atoms with van der Waals surface area (Å²) < 4.78 is 0. The van der Waals surface area contributed by atoms with E-state index in [2.05, 4.69) is 15.6 Å². The fourth-order valence-electron chi connectivity index (χ4n) is 3.65. The van der Waals surface area contributed by atoms with E-state index in [0.29, 0.717) is 11.4 Å². The zero-order valence-corrected chi connectivity index (χ0v) is 17.0. The van der Waals surface area contributed by atoms with Crippen molar-refractivity contribution in [1.29, 1.82) is 0 Å². The maximum absolute atomic E-state index is 12.8. The molecule has 0 aliphatic carbocycles. The molecule has 4 rings (SSSR count). The Balaban J connectivity index is 1.51. The minimum atomic E-state index is -0.414. The summed E-state index contributed by atoms with van der Waals surface area (Å²) >= 11 is 0. The molecule has 1 saturated heterocycles. The van der Waals surface area contributed by atoms with E-state index in [1.165, 1.54) is 4.90 Å². The summed E-state index contributed by atoms with van der Waals surface area (Å²) in [7, 11) is 0. The minimum Gasteiger partial charge on any atom is -0.325 e. The lowest BCUT2D eigenvalue weighted by molar-refractivity contribution is -0.121. The van der Waals surface area contributed by atoms with Gasteiger partial charge in [-0.2, -0.15) is 0 Å². The van der Waals surface area contributed by atoms with Crippen LogP contribution in [0.3, 0.4) is 0 Å². The highest BCUT2D eigenvalue weighted by atomic mass is 16.2. The Hall–Kier alpha value is -4.00. The molecule has 1 aliphatic heterocycles. The predicted molar refractivity (Wildman–Crippen MR) is 118 cm³/mol. The molecule has 0 radical (unpaired) electrons. The molecular formula is C24H22N4O3. The second-order valence-corrected chi connectivity index (χ2v) is 7.32. The van der Waals surface area contributed by atoms with E-state index in [0.717, 1.165) is 16.8 Å². The van der Waals surface area contributed by atoms with Crippen molar-refractivity contribution in [3.63, 3.8) is 0 Å². The number of aromatic nitrogens is 1. The first-order valence-electron chi connectivity index (χ1n) is 10.0. The van der Waals surface area contributed by atoms with E-state index in [-0.39, 0.29) is 30.7 Å². The van der Waals surface area contributed by atoms with Gasteiger partial charge in [-0.15, -0.1) is 0 Å². The van der Waals surface area contributed by atoms with Gasteiger partial charge in [0.1, 0.15) is 0 Å². The van der Waals surface area contributed by atoms with Gasteiger partial charge in [-0.1, -0.05) is 36.4 Å². The van der Waals surface area contributed by atoms with Crippen LogP contribution in [0.4, 0.5) is 16.2 Å². The van der Waals surface area contributed by atoms with Crippen LogP contribution < -0.4 is 15.5 Å². The minimum absolute atomic E-state index is 0.201. The van der Waals surface area contributed by atoms with Crippen LogP contribution in [0.15, 0.2) is 72.9 Å². The van der Waals surface area contributed by atoms with Crippen molar-refractivity contribution in [2.75, 3.05) is 10.2 Å². The molecule has 0 bridgehead atoms. The SMILES string of the molecule is Cc1cc(NC(=O)NC(c2ccccc2)c2ccccn2)ccc1N1C(=O)CCC1=O. The Labute approximate surface area is 180 Å². The first kappa shape index (κ1) is 20.3. The van der Waals surface area contributed by atoms with Gasteiger partial charge in [-0.25, -0.2) is 4.79 Å². The smallest absolute Gasteiger partial charge is 0.320 e. The number of amides is 4. The highest BCUT2D eigenvalue weighted by Crippen LogP contribution is 2.28. The third-order valence-corrected chi connectivity index (χ3v) is 5.14. The third-order valence-electron chi connectivity index (χ3n) is 5.14. The van der Waals surface area contributed by atoms with Crippen LogP contribution >= 0.6 is 0 Å². The van der Waals surface area contributed by atoms with Crippen LogP contribution in [0, 0.1) is 6.92 Å². The number of anilines is 2. The maximum atomic E-state index is 12.8. The van der Waals surface area contributed by atoms with E-state index in [9.17, 15) is 14.4 Å². The summed E-state index contributed by atoms with van der Waals surface area (Å²) in [6.45, 7) is 1.80. The van der Waals surface area contributed by atoms with Crippen molar-refractivity contribution in [2.24, 2.45) is 0 Å². The Morgan fingerprint density at radius 3 is 2.32 bits per heavy atom. The summed E-state index contributed by atoms with van der Waals surface area (Å²) in [4.78, 5) is 42.4. The molecular weight excluding hydrogens is 392 g/mol. The number of aryl methyl sites for hydroxylation is 1. The van der Waals surface area contributed by atoms with Crippen molar-refractivity contribution in [3.05, 3.63) is 89.7 Å². The number of nitrogens with zero attached hydrogens (tertiary/aromatic N) is 2. The van der Waals surface area contributed by atoms with E-state index in [4.69, 9.17) is 0 Å². The zero-order chi connectivity index (χ0) is 21.8. The van der Waals surface area contributed by atoms with Crippen LogP contribution in [0.25, 0.3) is 0 Å². The number of benzene rings is 2. The Morgan fingerprint density at radius 1 is 0.968 bits per heavy atom. The lowest BCUT2D eigenvalue weighted by Crippen LogP contribution is -2.33. The van der Waals surface area contributed by atoms with Crippen LogP contribution in [-0.2, 0) is 9.59 Å². The summed E-state index contributed by atoms with van der Waals surface area (Å²) in [5.41, 5.74) is 3.47. The molecule has 0 saturated carbocycles. The molecule has 0 spiro atoms. The first-order valence-corrected chi connectivity index (χ1v) is 10.0. The van der Waals surface area contributed by atoms with Crippen LogP contribution in [0.1, 0.15) is 35.7 Å². The Morgan fingerprint density at radius 2 is 1.68 bits per heavy atom. The fourth-order valence-corrected chi connectivity index (χ4v) is 3.65. The molecule has 156 valence electrons. The predicted octanol–water partition coefficient (Wildman–Crippen LogP) is 3.95. The Kier molecular flexibility index (Phi) is 5.75. The molecule has 7 heteroatoms. The molecule has 2 aromatic carbocycles. The van der Waals surface area contributed by atoms with Gasteiger partial charge in [0.2, 0.25) is 11.8 Å². The number of carbonyl (C=O) groups excluding carboxylic acids is 3. The molecule has 31 heavy (non-hydrogen) atoms. The number of rotatable bonds is 5. The second-order valence-electron chi connectivity index (χ2n) is 7.32. The molecule has 3 aromatic rings. The molecule has 1 fully saturated rings. The molecule has 4 amide bonds. The summed E-state index contributed by atoms with van der Waals surface area (Å²) in [5, 5.41) is 5.80. The fraction of sp³-hybridized carbons (Fsp3) is 0.167. The van der Waals surface area contributed by atoms with Crippen LogP contribution in [0.5, 0.6) is 0 Å². The van der Waals surface area contributed by atoms with Crippen molar-refractivity contribution in [2.45, 2.75) is 25.8 Å². The third kappa shape index (κ3) is 4.45. The molecule has 1 aromatic heterocycles. The average molecular weight is 414 g/mol. The molecule has 2 N–H and O–H groups in total. The number of pyridine rings is 1. The highest BCUT2D eigenvalue weighted by Gasteiger charge is 2.31. The standard InChI is InChI=1S/C24H22N4O3/c1-16-15-18(10-11-20(16)28-21(29)12-13-22(28)30)26-24(31)27-23(17-7-3-2-4-8-17)19-9-5-6-14-25-19/h2-11,14-15,23H,12-13H2,1H3,(H2,26,27,31). The van der Waals surface area contributed by atoms with Gasteiger partial charge in [0.15, 0.2) is 0 Å². The summed E-state index contributed by atoms with van der Waals surface area (Å²) in [5.74, 6) is -0.403. The van der Waals surface area contributed by atoms with Gasteiger partial charge >= 0.3 is 6.03 Å². The zero-order valence-electron chi connectivity index (χ0n) is 17.0. The number of hydrogen-bond acceptors (Lipinski definition) is 4. The Bertz CT molecular complexity index is 1060. The van der Waals surface area contributed by atoms with Crippen molar-refractivity contribution < 1.29 is 14.4 Å². The molecule has 2 heterocycles. The van der Waals surface area contributed by atoms with Gasteiger partial charge in [0.05, 0.1) is 17.4 Å². The van der Waals surface area contributed by atoms with Crippen LogP contribution in [-0.4, -0.2) is 22.8 Å². The maximum Gasteiger partial charge on any atom is 0.320 e.